The largest absolute Gasteiger partial charge is 0.484 e. The molecule has 1 heterocycles. The minimum absolute atomic E-state index is 0.00109. The Bertz CT molecular complexity index is 887. The molecule has 2 amide bonds. The SMILES string of the molecule is C/C(=N/NC(=O)c1ccccc1C)c1ccc(OCC(=O)N2CCOCC2)cc1. The molecule has 0 bridgehead atoms. The van der Waals surface area contributed by atoms with Crippen molar-refractivity contribution in [1.29, 1.82) is 0 Å². The third kappa shape index (κ3) is 5.65. The lowest BCUT2D eigenvalue weighted by molar-refractivity contribution is -0.137. The molecule has 29 heavy (non-hydrogen) atoms. The van der Waals surface area contributed by atoms with E-state index in [4.69, 9.17) is 9.47 Å². The lowest BCUT2D eigenvalue weighted by atomic mass is 10.1. The Morgan fingerprint density at radius 1 is 1.10 bits per heavy atom. The van der Waals surface area contributed by atoms with E-state index in [0.717, 1.165) is 11.1 Å². The van der Waals surface area contributed by atoms with Crippen molar-refractivity contribution in [3.63, 3.8) is 0 Å². The molecule has 1 aliphatic rings. The summed E-state index contributed by atoms with van der Waals surface area (Å²) in [6.45, 7) is 6.04. The second kappa shape index (κ2) is 9.84. The summed E-state index contributed by atoms with van der Waals surface area (Å²) in [5, 5.41) is 4.18. The summed E-state index contributed by atoms with van der Waals surface area (Å²) in [7, 11) is 0. The zero-order valence-electron chi connectivity index (χ0n) is 16.7. The van der Waals surface area contributed by atoms with Crippen LogP contribution in [0.3, 0.4) is 0 Å². The third-order valence-electron chi connectivity index (χ3n) is 4.71. The van der Waals surface area contributed by atoms with Crippen LogP contribution >= 0.6 is 0 Å². The van der Waals surface area contributed by atoms with E-state index < -0.39 is 0 Å². The van der Waals surface area contributed by atoms with Gasteiger partial charge >= 0.3 is 0 Å². The number of hydrazone groups is 1. The molecule has 0 atom stereocenters. The van der Waals surface area contributed by atoms with Crippen LogP contribution in [0.25, 0.3) is 0 Å². The fraction of sp³-hybridized carbons (Fsp3) is 0.318. The minimum Gasteiger partial charge on any atom is -0.484 e. The molecule has 2 aromatic carbocycles. The van der Waals surface area contributed by atoms with Crippen LogP contribution in [0, 0.1) is 6.92 Å². The number of carbonyl (C=O) groups excluding carboxylic acids is 2. The van der Waals surface area contributed by atoms with Gasteiger partial charge in [-0.25, -0.2) is 5.43 Å². The third-order valence-corrected chi connectivity index (χ3v) is 4.71. The fourth-order valence-corrected chi connectivity index (χ4v) is 2.93. The van der Waals surface area contributed by atoms with Crippen LogP contribution in [-0.4, -0.2) is 55.3 Å². The lowest BCUT2D eigenvalue weighted by Crippen LogP contribution is -2.42. The molecule has 0 radical (unpaired) electrons. The van der Waals surface area contributed by atoms with Crippen molar-refractivity contribution in [3.05, 3.63) is 65.2 Å². The first kappa shape index (κ1) is 20.5. The predicted molar refractivity (Wildman–Crippen MR) is 110 cm³/mol. The first-order chi connectivity index (χ1) is 14.0. The van der Waals surface area contributed by atoms with E-state index in [-0.39, 0.29) is 18.4 Å². The fourth-order valence-electron chi connectivity index (χ4n) is 2.93. The summed E-state index contributed by atoms with van der Waals surface area (Å²) >= 11 is 0. The molecule has 3 rings (SSSR count). The van der Waals surface area contributed by atoms with Crippen LogP contribution in [0.2, 0.25) is 0 Å². The van der Waals surface area contributed by atoms with Gasteiger partial charge < -0.3 is 14.4 Å². The van der Waals surface area contributed by atoms with Gasteiger partial charge in [0.2, 0.25) is 0 Å². The molecule has 0 unspecified atom stereocenters. The van der Waals surface area contributed by atoms with Gasteiger partial charge in [-0.15, -0.1) is 0 Å². The molecule has 0 spiro atoms. The van der Waals surface area contributed by atoms with E-state index in [1.54, 1.807) is 23.1 Å². The molecule has 152 valence electrons. The first-order valence-electron chi connectivity index (χ1n) is 9.53. The maximum atomic E-state index is 12.3. The Hall–Kier alpha value is -3.19. The van der Waals surface area contributed by atoms with Crippen molar-refractivity contribution in [2.45, 2.75) is 13.8 Å². The van der Waals surface area contributed by atoms with Gasteiger partial charge in [-0.1, -0.05) is 18.2 Å². The van der Waals surface area contributed by atoms with Crippen molar-refractivity contribution in [1.82, 2.24) is 10.3 Å². The average Bonchev–Trinajstić information content (AvgIpc) is 2.77. The van der Waals surface area contributed by atoms with Crippen LogP contribution in [0.1, 0.15) is 28.4 Å². The zero-order valence-corrected chi connectivity index (χ0v) is 16.7. The number of benzene rings is 2. The number of morpholine rings is 1. The quantitative estimate of drug-likeness (QED) is 0.602. The van der Waals surface area contributed by atoms with Gasteiger partial charge in [-0.2, -0.15) is 5.10 Å². The number of rotatable bonds is 6. The van der Waals surface area contributed by atoms with Gasteiger partial charge in [0.1, 0.15) is 5.75 Å². The second-order valence-corrected chi connectivity index (χ2v) is 6.76. The van der Waals surface area contributed by atoms with Gasteiger partial charge in [0.05, 0.1) is 18.9 Å². The van der Waals surface area contributed by atoms with Gasteiger partial charge in [0, 0.05) is 18.7 Å². The van der Waals surface area contributed by atoms with Crippen molar-refractivity contribution in [2.75, 3.05) is 32.9 Å². The highest BCUT2D eigenvalue weighted by Gasteiger charge is 2.17. The molecule has 1 N–H and O–H groups in total. The number of hydrogen-bond acceptors (Lipinski definition) is 5. The highest BCUT2D eigenvalue weighted by atomic mass is 16.5. The van der Waals surface area contributed by atoms with E-state index in [1.165, 1.54) is 0 Å². The van der Waals surface area contributed by atoms with Crippen molar-refractivity contribution >= 4 is 17.5 Å². The maximum Gasteiger partial charge on any atom is 0.271 e. The van der Waals surface area contributed by atoms with Gasteiger partial charge in [-0.05, 0) is 55.3 Å². The summed E-state index contributed by atoms with van der Waals surface area (Å²) in [6, 6.07) is 14.6. The highest BCUT2D eigenvalue weighted by molar-refractivity contribution is 6.01. The van der Waals surface area contributed by atoms with Crippen molar-refractivity contribution < 1.29 is 19.1 Å². The molecule has 1 aliphatic heterocycles. The Morgan fingerprint density at radius 2 is 1.79 bits per heavy atom. The predicted octanol–water partition coefficient (Wildman–Crippen LogP) is 2.39. The molecule has 7 nitrogen and oxygen atoms in total. The molecule has 0 aliphatic carbocycles. The van der Waals surface area contributed by atoms with Gasteiger partial charge in [0.25, 0.3) is 11.8 Å². The Balaban J connectivity index is 1.53. The number of nitrogens with one attached hydrogen (secondary N) is 1. The Kier molecular flexibility index (Phi) is 6.97. The molecule has 0 saturated carbocycles. The summed E-state index contributed by atoms with van der Waals surface area (Å²) in [5.74, 6) is 0.310. The van der Waals surface area contributed by atoms with E-state index in [1.807, 2.05) is 44.2 Å². The van der Waals surface area contributed by atoms with Crippen LogP contribution in [0.15, 0.2) is 53.6 Å². The molecule has 7 heteroatoms. The smallest absolute Gasteiger partial charge is 0.271 e. The average molecular weight is 395 g/mol. The molecule has 1 saturated heterocycles. The number of ether oxygens (including phenoxy) is 2. The number of hydrogen-bond donors (Lipinski definition) is 1. The summed E-state index contributed by atoms with van der Waals surface area (Å²) in [6.07, 6.45) is 0. The van der Waals surface area contributed by atoms with Crippen molar-refractivity contribution in [3.8, 4) is 5.75 Å². The topological polar surface area (TPSA) is 80.2 Å². The number of nitrogens with zero attached hydrogens (tertiary/aromatic N) is 2. The number of amides is 2. The summed E-state index contributed by atoms with van der Waals surface area (Å²) in [5.41, 5.74) is 5.59. The Morgan fingerprint density at radius 3 is 2.48 bits per heavy atom. The van der Waals surface area contributed by atoms with E-state index in [0.29, 0.717) is 43.3 Å². The normalized spacial score (nSPS) is 14.4. The first-order valence-corrected chi connectivity index (χ1v) is 9.53. The Labute approximate surface area is 170 Å². The molecule has 2 aromatic rings. The van der Waals surface area contributed by atoms with Gasteiger partial charge in [-0.3, -0.25) is 9.59 Å². The van der Waals surface area contributed by atoms with Crippen LogP contribution < -0.4 is 10.2 Å². The summed E-state index contributed by atoms with van der Waals surface area (Å²) in [4.78, 5) is 26.1. The highest BCUT2D eigenvalue weighted by Crippen LogP contribution is 2.13. The van der Waals surface area contributed by atoms with E-state index >= 15 is 0 Å². The van der Waals surface area contributed by atoms with Crippen LogP contribution in [0.4, 0.5) is 0 Å². The van der Waals surface area contributed by atoms with Crippen LogP contribution in [-0.2, 0) is 9.53 Å². The summed E-state index contributed by atoms with van der Waals surface area (Å²) < 4.78 is 10.8. The standard InChI is InChI=1S/C22H25N3O4/c1-16-5-3-4-6-20(16)22(27)24-23-17(2)18-7-9-19(10-8-18)29-15-21(26)25-11-13-28-14-12-25/h3-10H,11-15H2,1-2H3,(H,24,27)/b23-17-. The van der Waals surface area contributed by atoms with Crippen LogP contribution in [0.5, 0.6) is 5.75 Å². The molecular weight excluding hydrogens is 370 g/mol. The van der Waals surface area contributed by atoms with E-state index in [9.17, 15) is 9.59 Å². The molecule has 1 fully saturated rings. The van der Waals surface area contributed by atoms with E-state index in [2.05, 4.69) is 10.5 Å². The molecular formula is C22H25N3O4. The van der Waals surface area contributed by atoms with Gasteiger partial charge in [0.15, 0.2) is 6.61 Å². The maximum absolute atomic E-state index is 12.3. The molecule has 0 aromatic heterocycles. The number of carbonyl (C=O) groups is 2. The van der Waals surface area contributed by atoms with Crippen molar-refractivity contribution in [2.24, 2.45) is 5.10 Å². The second-order valence-electron chi connectivity index (χ2n) is 6.76. The number of aryl methyl sites for hydroxylation is 1. The zero-order chi connectivity index (χ0) is 20.6. The monoisotopic (exact) mass is 395 g/mol. The minimum atomic E-state index is -0.246. The lowest BCUT2D eigenvalue weighted by Gasteiger charge is -2.26.